The lowest BCUT2D eigenvalue weighted by Gasteiger charge is -2.23. The first kappa shape index (κ1) is 17.8. The van der Waals surface area contributed by atoms with Gasteiger partial charge in [-0.2, -0.15) is 0 Å². The highest BCUT2D eigenvalue weighted by molar-refractivity contribution is 5.95. The van der Waals surface area contributed by atoms with Crippen molar-refractivity contribution in [3.05, 3.63) is 54.8 Å². The van der Waals surface area contributed by atoms with Crippen molar-refractivity contribution in [3.8, 4) is 5.75 Å². The number of carbonyl (C=O) groups is 2. The molecule has 0 aliphatic heterocycles. The van der Waals surface area contributed by atoms with E-state index in [0.29, 0.717) is 13.1 Å². The van der Waals surface area contributed by atoms with Crippen LogP contribution in [0.25, 0.3) is 0 Å². The van der Waals surface area contributed by atoms with Crippen LogP contribution in [0.1, 0.15) is 12.5 Å². The second-order valence-corrected chi connectivity index (χ2v) is 4.86. The van der Waals surface area contributed by atoms with Crippen molar-refractivity contribution < 1.29 is 19.1 Å². The summed E-state index contributed by atoms with van der Waals surface area (Å²) in [5, 5.41) is 0. The molecule has 22 heavy (non-hydrogen) atoms. The van der Waals surface area contributed by atoms with E-state index in [1.165, 1.54) is 13.5 Å². The molecule has 0 aliphatic rings. The molecule has 0 aromatic heterocycles. The topological polar surface area (TPSA) is 55.8 Å². The summed E-state index contributed by atoms with van der Waals surface area (Å²) in [5.74, 6) is -0.0793. The molecule has 0 atom stereocenters. The van der Waals surface area contributed by atoms with Gasteiger partial charge >= 0.3 is 5.97 Å². The molecule has 0 spiro atoms. The van der Waals surface area contributed by atoms with Gasteiger partial charge in [0.05, 0.1) is 27.1 Å². The standard InChI is InChI=1S/C17H21NO4/c1-13(2)11-18(16(19)9-10-17(20)22-4)12-14-5-7-15(21-3)8-6-14/h5-10H,1,11-12H2,2-4H3. The van der Waals surface area contributed by atoms with Crippen LogP contribution in [0.2, 0.25) is 0 Å². The van der Waals surface area contributed by atoms with Crippen molar-refractivity contribution >= 4 is 11.9 Å². The Balaban J connectivity index is 2.71. The summed E-state index contributed by atoms with van der Waals surface area (Å²) >= 11 is 0. The fourth-order valence-corrected chi connectivity index (χ4v) is 1.80. The van der Waals surface area contributed by atoms with Gasteiger partial charge in [-0.05, 0) is 24.6 Å². The number of hydrogen-bond acceptors (Lipinski definition) is 4. The molecule has 0 saturated heterocycles. The molecule has 1 aromatic carbocycles. The van der Waals surface area contributed by atoms with Gasteiger partial charge in [-0.1, -0.05) is 24.3 Å². The number of benzene rings is 1. The van der Waals surface area contributed by atoms with Crippen LogP contribution in [0, 0.1) is 12.8 Å². The summed E-state index contributed by atoms with van der Waals surface area (Å²) in [5.41, 5.74) is 1.81. The minimum absolute atomic E-state index is 0.274. The molecule has 0 heterocycles. The van der Waals surface area contributed by atoms with Crippen LogP contribution in [0.5, 0.6) is 5.75 Å². The first-order chi connectivity index (χ1) is 10.5. The van der Waals surface area contributed by atoms with Crippen molar-refractivity contribution in [2.45, 2.75) is 13.5 Å². The predicted octanol–water partition coefficient (Wildman–Crippen LogP) is 2.18. The minimum atomic E-state index is -0.562. The van der Waals surface area contributed by atoms with Crippen molar-refractivity contribution in [1.29, 1.82) is 0 Å². The number of ether oxygens (including phenoxy) is 2. The molecule has 0 N–H and O–H groups in total. The molecule has 0 unspecified atom stereocenters. The molecule has 0 fully saturated rings. The van der Waals surface area contributed by atoms with Gasteiger partial charge in [-0.15, -0.1) is 0 Å². The molecule has 1 amide bonds. The molecule has 0 bridgehead atoms. The number of hydrogen-bond donors (Lipinski definition) is 0. The van der Waals surface area contributed by atoms with Gasteiger partial charge in [0.2, 0.25) is 5.91 Å². The van der Waals surface area contributed by atoms with Crippen molar-refractivity contribution in [2.24, 2.45) is 0 Å². The maximum atomic E-state index is 12.2. The second kappa shape index (κ2) is 8.87. The number of nitrogens with zero attached hydrogens (tertiary/aromatic N) is 1. The molecule has 118 valence electrons. The van der Waals surface area contributed by atoms with Gasteiger partial charge in [-0.3, -0.25) is 9.59 Å². The Morgan fingerprint density at radius 2 is 1.82 bits per heavy atom. The molecule has 1 rings (SSSR count). The van der Waals surface area contributed by atoms with E-state index < -0.39 is 5.97 Å². The Morgan fingerprint density at radius 3 is 2.32 bits per heavy atom. The summed E-state index contributed by atoms with van der Waals surface area (Å²) in [6.07, 6.45) is 2.32. The molecular formula is C17H21NO4. The van der Waals surface area contributed by atoms with Gasteiger partial charge in [0.25, 0.3) is 0 Å². The van der Waals surface area contributed by atoms with Crippen LogP contribution < -0.4 is 4.74 Å². The fourth-order valence-electron chi connectivity index (χ4n) is 1.80. The van der Waals surface area contributed by atoms with E-state index in [9.17, 15) is 9.59 Å². The maximum Gasteiger partial charge on any atom is 0.310 e. The van der Waals surface area contributed by atoms with E-state index in [2.05, 4.69) is 11.3 Å². The maximum absolute atomic E-state index is 12.2. The van der Waals surface area contributed by atoms with Gasteiger partial charge in [0, 0.05) is 13.1 Å². The first-order valence-corrected chi connectivity index (χ1v) is 6.78. The zero-order chi connectivity index (χ0) is 16.5. The van der Waals surface area contributed by atoms with Crippen LogP contribution in [0.3, 0.4) is 0 Å². The quantitative estimate of drug-likeness (QED) is 0.545. The third-order valence-electron chi connectivity index (χ3n) is 2.87. The van der Waals surface area contributed by atoms with Crippen LogP contribution in [0.15, 0.2) is 36.4 Å². The summed E-state index contributed by atoms with van der Waals surface area (Å²) in [6.45, 7) is 6.50. The van der Waals surface area contributed by atoms with Gasteiger partial charge in [0.1, 0.15) is 5.75 Å². The average Bonchev–Trinajstić information content (AvgIpc) is 2.51. The van der Waals surface area contributed by atoms with Crippen LogP contribution in [-0.2, 0) is 20.9 Å². The normalized spacial score (nSPS) is 9.95. The third-order valence-corrected chi connectivity index (χ3v) is 2.87. The van der Waals surface area contributed by atoms with Crippen molar-refractivity contribution in [3.63, 3.8) is 0 Å². The molecule has 2 radical (unpaired) electrons. The van der Waals surface area contributed by atoms with Gasteiger partial charge in [-0.25, -0.2) is 0 Å². The number of carbonyl (C=O) groups excluding carboxylic acids is 2. The molecule has 5 nitrogen and oxygen atoms in total. The van der Waals surface area contributed by atoms with E-state index in [0.717, 1.165) is 23.3 Å². The lowest BCUT2D eigenvalue weighted by Crippen LogP contribution is -2.32. The fraction of sp³-hybridized carbons (Fsp3) is 0.294. The van der Waals surface area contributed by atoms with E-state index >= 15 is 0 Å². The van der Waals surface area contributed by atoms with Crippen LogP contribution >= 0.6 is 0 Å². The summed E-state index contributed by atoms with van der Waals surface area (Å²) in [7, 11) is 2.86. The zero-order valence-corrected chi connectivity index (χ0v) is 13.2. The van der Waals surface area contributed by atoms with Crippen LogP contribution in [-0.4, -0.2) is 37.5 Å². The van der Waals surface area contributed by atoms with E-state index in [1.54, 1.807) is 12.0 Å². The minimum Gasteiger partial charge on any atom is -0.497 e. The van der Waals surface area contributed by atoms with Gasteiger partial charge < -0.3 is 14.4 Å². The monoisotopic (exact) mass is 303 g/mol. The number of methoxy groups -OCH3 is 2. The highest BCUT2D eigenvalue weighted by atomic mass is 16.5. The molecule has 0 aliphatic carbocycles. The molecule has 0 saturated carbocycles. The Kier molecular flexibility index (Phi) is 7.16. The number of esters is 1. The number of amides is 1. The smallest absolute Gasteiger partial charge is 0.310 e. The molecular weight excluding hydrogens is 282 g/mol. The van der Waals surface area contributed by atoms with Gasteiger partial charge in [0.15, 0.2) is 0 Å². The van der Waals surface area contributed by atoms with Crippen LogP contribution in [0.4, 0.5) is 0 Å². The molecule has 1 aromatic rings. The Morgan fingerprint density at radius 1 is 1.18 bits per heavy atom. The highest BCUT2D eigenvalue weighted by Crippen LogP contribution is 2.14. The predicted molar refractivity (Wildman–Crippen MR) is 83.8 cm³/mol. The Bertz CT molecular complexity index is 522. The Labute approximate surface area is 131 Å². The van der Waals surface area contributed by atoms with E-state index in [-0.39, 0.29) is 5.91 Å². The van der Waals surface area contributed by atoms with E-state index in [1.807, 2.05) is 31.2 Å². The van der Waals surface area contributed by atoms with E-state index in [4.69, 9.17) is 4.74 Å². The lowest BCUT2D eigenvalue weighted by molar-refractivity contribution is -0.137. The second-order valence-electron chi connectivity index (χ2n) is 4.86. The SMILES string of the molecule is C=C(C)CN(Cc1ccc(OC)cc1)C(=O)[CH][CH]C(=O)OC. The summed E-state index contributed by atoms with van der Waals surface area (Å²) in [4.78, 5) is 24.9. The average molecular weight is 303 g/mol. The summed E-state index contributed by atoms with van der Waals surface area (Å²) in [6, 6.07) is 7.45. The lowest BCUT2D eigenvalue weighted by atomic mass is 10.1. The zero-order valence-electron chi connectivity index (χ0n) is 13.2. The largest absolute Gasteiger partial charge is 0.497 e. The number of rotatable bonds is 8. The Hall–Kier alpha value is -2.30. The van der Waals surface area contributed by atoms with Crippen molar-refractivity contribution in [2.75, 3.05) is 20.8 Å². The van der Waals surface area contributed by atoms with Crippen molar-refractivity contribution in [1.82, 2.24) is 4.90 Å². The summed E-state index contributed by atoms with van der Waals surface area (Å²) < 4.78 is 9.58. The first-order valence-electron chi connectivity index (χ1n) is 6.78. The highest BCUT2D eigenvalue weighted by Gasteiger charge is 2.16. The third kappa shape index (κ3) is 5.99. The molecule has 5 heteroatoms.